The van der Waals surface area contributed by atoms with E-state index in [1.807, 2.05) is 64.3 Å². The van der Waals surface area contributed by atoms with Gasteiger partial charge in [0.05, 0.1) is 11.2 Å². The van der Waals surface area contributed by atoms with E-state index in [2.05, 4.69) is 51.6 Å². The molecule has 0 fully saturated rings. The van der Waals surface area contributed by atoms with Gasteiger partial charge >= 0.3 is 0 Å². The summed E-state index contributed by atoms with van der Waals surface area (Å²) in [5.74, 6) is -0.189. The highest BCUT2D eigenvalue weighted by atomic mass is 16.1. The molecule has 0 radical (unpaired) electrons. The van der Waals surface area contributed by atoms with E-state index in [-0.39, 0.29) is 5.91 Å². The maximum atomic E-state index is 13.4. The zero-order valence-electron chi connectivity index (χ0n) is 20.6. The van der Waals surface area contributed by atoms with Crippen LogP contribution in [0.5, 0.6) is 0 Å². The normalized spacial score (nSPS) is 11.2. The topological polar surface area (TPSA) is 61.0 Å². The van der Waals surface area contributed by atoms with E-state index in [1.54, 1.807) is 0 Å². The lowest BCUT2D eigenvalue weighted by Gasteiger charge is -2.13. The first kappa shape index (κ1) is 22.7. The van der Waals surface area contributed by atoms with Crippen molar-refractivity contribution in [3.8, 4) is 0 Å². The summed E-state index contributed by atoms with van der Waals surface area (Å²) in [6.07, 6.45) is 1.57. The first-order chi connectivity index (χ1) is 16.9. The van der Waals surface area contributed by atoms with Gasteiger partial charge in [0, 0.05) is 41.8 Å². The minimum atomic E-state index is -0.189. The fraction of sp³-hybridized carbons (Fsp3) is 0.200. The van der Waals surface area contributed by atoms with Gasteiger partial charge in [-0.1, -0.05) is 48.5 Å². The highest BCUT2D eigenvalue weighted by Gasteiger charge is 2.17. The molecule has 0 aliphatic heterocycles. The number of rotatable bonds is 6. The molecule has 5 rings (SSSR count). The van der Waals surface area contributed by atoms with Crippen molar-refractivity contribution in [1.29, 1.82) is 0 Å². The van der Waals surface area contributed by atoms with Gasteiger partial charge in [-0.05, 0) is 67.6 Å². The summed E-state index contributed by atoms with van der Waals surface area (Å²) in [7, 11) is 4.08. The monoisotopic (exact) mass is 462 g/mol. The van der Waals surface area contributed by atoms with Crippen molar-refractivity contribution in [3.63, 3.8) is 0 Å². The lowest BCUT2D eigenvalue weighted by Crippen LogP contribution is -2.16. The zero-order valence-corrected chi connectivity index (χ0v) is 20.6. The second-order valence-electron chi connectivity index (χ2n) is 9.33. The number of nitrogens with one attached hydrogen (secondary N) is 2. The summed E-state index contributed by atoms with van der Waals surface area (Å²) in [6.45, 7) is 4.01. The van der Waals surface area contributed by atoms with Crippen LogP contribution in [0, 0.1) is 13.8 Å². The number of H-pyrrole nitrogens is 1. The summed E-state index contributed by atoms with van der Waals surface area (Å²) in [5, 5.41) is 5.23. The highest BCUT2D eigenvalue weighted by Crippen LogP contribution is 2.29. The number of aryl methyl sites for hydroxylation is 4. The lowest BCUT2D eigenvalue weighted by molar-refractivity contribution is 0.102. The van der Waals surface area contributed by atoms with Gasteiger partial charge in [-0.25, -0.2) is 4.98 Å². The fourth-order valence-electron chi connectivity index (χ4n) is 4.62. The molecule has 176 valence electrons. The van der Waals surface area contributed by atoms with Crippen LogP contribution in [0.3, 0.4) is 0 Å². The molecular weight excluding hydrogens is 432 g/mol. The minimum absolute atomic E-state index is 0.189. The molecule has 0 saturated heterocycles. The van der Waals surface area contributed by atoms with Gasteiger partial charge < -0.3 is 15.2 Å². The van der Waals surface area contributed by atoms with E-state index in [1.165, 1.54) is 11.3 Å². The average molecular weight is 463 g/mol. The molecule has 0 atom stereocenters. The van der Waals surface area contributed by atoms with Crippen molar-refractivity contribution in [2.45, 2.75) is 26.7 Å². The Bertz CT molecular complexity index is 1510. The van der Waals surface area contributed by atoms with Crippen LogP contribution in [0.15, 0.2) is 72.8 Å². The molecule has 0 spiro atoms. The van der Waals surface area contributed by atoms with Crippen molar-refractivity contribution in [1.82, 2.24) is 9.97 Å². The molecule has 0 aliphatic rings. The molecule has 0 saturated carbocycles. The SMILES string of the molecule is Cc1cccc(C)c1NC(=O)c1cc2c([nH]c3ccccc32)c(CCc2ccc(N(C)C)cc2)n1. The van der Waals surface area contributed by atoms with Crippen LogP contribution in [-0.2, 0) is 12.8 Å². The standard InChI is InChI=1S/C30H30N4O/c1-19-8-7-9-20(2)28(19)33-30(35)27-18-24-23-10-5-6-11-25(23)32-29(24)26(31-27)17-14-21-12-15-22(16-13-21)34(3)4/h5-13,15-16,18,32H,14,17H2,1-4H3,(H,33,35). The molecule has 3 aromatic carbocycles. The van der Waals surface area contributed by atoms with Gasteiger partial charge in [0.2, 0.25) is 0 Å². The van der Waals surface area contributed by atoms with E-state index < -0.39 is 0 Å². The number of aromatic amines is 1. The smallest absolute Gasteiger partial charge is 0.274 e. The number of hydrogen-bond acceptors (Lipinski definition) is 3. The van der Waals surface area contributed by atoms with Crippen LogP contribution in [0.2, 0.25) is 0 Å². The van der Waals surface area contributed by atoms with Crippen molar-refractivity contribution in [3.05, 3.63) is 101 Å². The summed E-state index contributed by atoms with van der Waals surface area (Å²) in [4.78, 5) is 23.9. The van der Waals surface area contributed by atoms with E-state index in [0.717, 1.165) is 57.2 Å². The Morgan fingerprint density at radius 1 is 0.886 bits per heavy atom. The first-order valence-electron chi connectivity index (χ1n) is 11.9. The number of nitrogens with zero attached hydrogens (tertiary/aromatic N) is 2. The van der Waals surface area contributed by atoms with Gasteiger partial charge in [0.1, 0.15) is 5.69 Å². The van der Waals surface area contributed by atoms with Crippen LogP contribution >= 0.6 is 0 Å². The Labute approximate surface area is 205 Å². The van der Waals surface area contributed by atoms with Crippen molar-refractivity contribution < 1.29 is 4.79 Å². The van der Waals surface area contributed by atoms with E-state index in [0.29, 0.717) is 5.69 Å². The Kier molecular flexibility index (Phi) is 6.00. The number of carbonyl (C=O) groups is 1. The molecule has 2 N–H and O–H groups in total. The van der Waals surface area contributed by atoms with Crippen molar-refractivity contribution >= 4 is 39.1 Å². The molecule has 1 amide bonds. The number of benzene rings is 3. The van der Waals surface area contributed by atoms with Gasteiger partial charge in [-0.3, -0.25) is 4.79 Å². The predicted octanol–water partition coefficient (Wildman–Crippen LogP) is 6.44. The van der Waals surface area contributed by atoms with E-state index >= 15 is 0 Å². The second-order valence-corrected chi connectivity index (χ2v) is 9.33. The molecule has 5 aromatic rings. The maximum absolute atomic E-state index is 13.4. The number of pyridine rings is 1. The third-order valence-electron chi connectivity index (χ3n) is 6.63. The summed E-state index contributed by atoms with van der Waals surface area (Å²) >= 11 is 0. The molecule has 0 bridgehead atoms. The van der Waals surface area contributed by atoms with Gasteiger partial charge in [0.15, 0.2) is 0 Å². The summed E-state index contributed by atoms with van der Waals surface area (Å²) in [5.41, 5.74) is 8.72. The number of fused-ring (bicyclic) bond motifs is 3. The van der Waals surface area contributed by atoms with E-state index in [4.69, 9.17) is 4.98 Å². The highest BCUT2D eigenvalue weighted by molar-refractivity contribution is 6.12. The molecule has 2 heterocycles. The molecule has 2 aromatic heterocycles. The largest absolute Gasteiger partial charge is 0.378 e. The van der Waals surface area contributed by atoms with Crippen LogP contribution < -0.4 is 10.2 Å². The number of carbonyl (C=O) groups excluding carboxylic acids is 1. The van der Waals surface area contributed by atoms with Gasteiger partial charge in [0.25, 0.3) is 5.91 Å². The van der Waals surface area contributed by atoms with E-state index in [9.17, 15) is 4.79 Å². The number of amides is 1. The Balaban J connectivity index is 1.52. The van der Waals surface area contributed by atoms with Gasteiger partial charge in [-0.15, -0.1) is 0 Å². The number of aromatic nitrogens is 2. The third kappa shape index (κ3) is 4.50. The Morgan fingerprint density at radius 3 is 2.31 bits per heavy atom. The Morgan fingerprint density at radius 2 is 1.60 bits per heavy atom. The maximum Gasteiger partial charge on any atom is 0.274 e. The lowest BCUT2D eigenvalue weighted by atomic mass is 10.0. The average Bonchev–Trinajstić information content (AvgIpc) is 3.24. The van der Waals surface area contributed by atoms with Crippen LogP contribution in [0.25, 0.3) is 21.8 Å². The Hall–Kier alpha value is -4.12. The molecule has 0 aliphatic carbocycles. The molecule has 0 unspecified atom stereocenters. The second kappa shape index (κ2) is 9.26. The number of anilines is 2. The fourth-order valence-corrected chi connectivity index (χ4v) is 4.62. The van der Waals surface area contributed by atoms with Crippen molar-refractivity contribution in [2.24, 2.45) is 0 Å². The first-order valence-corrected chi connectivity index (χ1v) is 11.9. The molecule has 35 heavy (non-hydrogen) atoms. The quantitative estimate of drug-likeness (QED) is 0.305. The van der Waals surface area contributed by atoms with Crippen molar-refractivity contribution in [2.75, 3.05) is 24.3 Å². The number of para-hydroxylation sites is 2. The molecule has 5 nitrogen and oxygen atoms in total. The summed E-state index contributed by atoms with van der Waals surface area (Å²) < 4.78 is 0. The van der Waals surface area contributed by atoms with Crippen LogP contribution in [0.1, 0.15) is 32.9 Å². The zero-order chi connectivity index (χ0) is 24.5. The minimum Gasteiger partial charge on any atom is -0.378 e. The third-order valence-corrected chi connectivity index (χ3v) is 6.63. The summed E-state index contributed by atoms with van der Waals surface area (Å²) in [6, 6.07) is 24.7. The van der Waals surface area contributed by atoms with Crippen LogP contribution in [-0.4, -0.2) is 30.0 Å². The molecule has 5 heteroatoms. The van der Waals surface area contributed by atoms with Gasteiger partial charge in [-0.2, -0.15) is 0 Å². The van der Waals surface area contributed by atoms with Crippen LogP contribution in [0.4, 0.5) is 11.4 Å². The number of hydrogen-bond donors (Lipinski definition) is 2. The predicted molar refractivity (Wildman–Crippen MR) is 146 cm³/mol. The molecular formula is C30H30N4O.